The molecule has 0 saturated carbocycles. The van der Waals surface area contributed by atoms with Crippen molar-refractivity contribution in [2.24, 2.45) is 0 Å². The van der Waals surface area contributed by atoms with Crippen LogP contribution in [0.25, 0.3) is 11.4 Å². The van der Waals surface area contributed by atoms with Crippen LogP contribution in [-0.2, 0) is 16.8 Å². The van der Waals surface area contributed by atoms with Crippen LogP contribution in [0.1, 0.15) is 31.5 Å². The normalized spacial score (nSPS) is 19.2. The van der Waals surface area contributed by atoms with Crippen LogP contribution in [0.3, 0.4) is 0 Å². The summed E-state index contributed by atoms with van der Waals surface area (Å²) < 4.78 is 29.6. The second kappa shape index (κ2) is 6.58. The first-order valence-electron chi connectivity index (χ1n) is 7.98. The Morgan fingerprint density at radius 1 is 1.33 bits per heavy atom. The van der Waals surface area contributed by atoms with E-state index in [1.165, 1.54) is 8.61 Å². The van der Waals surface area contributed by atoms with Gasteiger partial charge in [-0.1, -0.05) is 0 Å². The fourth-order valence-electron chi connectivity index (χ4n) is 2.99. The van der Waals surface area contributed by atoms with Crippen molar-refractivity contribution in [2.45, 2.75) is 32.4 Å². The van der Waals surface area contributed by atoms with Gasteiger partial charge in [0, 0.05) is 33.4 Å². The van der Waals surface area contributed by atoms with Crippen LogP contribution >= 0.6 is 0 Å². The third-order valence-electron chi connectivity index (χ3n) is 4.23. The van der Waals surface area contributed by atoms with Gasteiger partial charge in [-0.05, 0) is 25.8 Å². The molecule has 1 atom stereocenters. The fraction of sp³-hybridized carbons (Fsp3) is 0.533. The van der Waals surface area contributed by atoms with Crippen molar-refractivity contribution in [3.05, 3.63) is 30.4 Å². The van der Waals surface area contributed by atoms with E-state index in [-0.39, 0.29) is 6.04 Å². The van der Waals surface area contributed by atoms with E-state index in [9.17, 15) is 8.42 Å². The Labute approximate surface area is 142 Å². The lowest BCUT2D eigenvalue weighted by molar-refractivity contribution is 0.357. The van der Waals surface area contributed by atoms with E-state index in [4.69, 9.17) is 0 Å². The van der Waals surface area contributed by atoms with E-state index in [0.717, 1.165) is 25.1 Å². The average Bonchev–Trinajstić information content (AvgIpc) is 3.24. The van der Waals surface area contributed by atoms with Crippen molar-refractivity contribution in [3.8, 4) is 11.4 Å². The van der Waals surface area contributed by atoms with Crippen molar-refractivity contribution in [3.63, 3.8) is 0 Å². The van der Waals surface area contributed by atoms with Crippen molar-refractivity contribution >= 4 is 10.2 Å². The topological polar surface area (TPSA) is 84.2 Å². The van der Waals surface area contributed by atoms with Crippen molar-refractivity contribution in [1.82, 2.24) is 28.4 Å². The summed E-state index contributed by atoms with van der Waals surface area (Å²) in [5.74, 6) is 0. The van der Waals surface area contributed by atoms with Crippen molar-refractivity contribution in [1.29, 1.82) is 0 Å². The summed E-state index contributed by atoms with van der Waals surface area (Å²) in [5.41, 5.74) is 2.27. The quantitative estimate of drug-likeness (QED) is 0.811. The van der Waals surface area contributed by atoms with Crippen LogP contribution in [0.5, 0.6) is 0 Å². The van der Waals surface area contributed by atoms with Gasteiger partial charge in [0.05, 0.1) is 29.8 Å². The van der Waals surface area contributed by atoms with Crippen molar-refractivity contribution < 1.29 is 8.42 Å². The van der Waals surface area contributed by atoms with Crippen LogP contribution in [0, 0.1) is 0 Å². The maximum Gasteiger partial charge on any atom is 0.282 e. The zero-order chi connectivity index (χ0) is 17.3. The molecule has 0 aliphatic carbocycles. The van der Waals surface area contributed by atoms with Crippen molar-refractivity contribution in [2.75, 3.05) is 20.6 Å². The molecule has 0 aromatic carbocycles. The molecule has 1 saturated heterocycles. The SMILES string of the molecule is CCn1nccc1-c1cncc([C@H]2CCCN2S(=O)(=O)N(C)C)n1. The van der Waals surface area contributed by atoms with Crippen LogP contribution in [0.2, 0.25) is 0 Å². The maximum absolute atomic E-state index is 12.5. The van der Waals surface area contributed by atoms with Crippen LogP contribution < -0.4 is 0 Å². The van der Waals surface area contributed by atoms with Crippen LogP contribution in [0.15, 0.2) is 24.7 Å². The first-order chi connectivity index (χ1) is 11.4. The van der Waals surface area contributed by atoms with E-state index in [1.807, 2.05) is 17.7 Å². The molecule has 9 heteroatoms. The smallest absolute Gasteiger partial charge is 0.264 e. The van der Waals surface area contributed by atoms with Gasteiger partial charge in [-0.2, -0.15) is 22.1 Å². The zero-order valence-electron chi connectivity index (χ0n) is 14.1. The molecule has 0 bridgehead atoms. The van der Waals surface area contributed by atoms with Crippen LogP contribution in [0.4, 0.5) is 0 Å². The van der Waals surface area contributed by atoms with E-state index in [1.54, 1.807) is 32.7 Å². The van der Waals surface area contributed by atoms with E-state index < -0.39 is 10.2 Å². The van der Waals surface area contributed by atoms with Gasteiger partial charge >= 0.3 is 0 Å². The number of aryl methyl sites for hydroxylation is 1. The lowest BCUT2D eigenvalue weighted by Crippen LogP contribution is -2.39. The summed E-state index contributed by atoms with van der Waals surface area (Å²) in [6, 6.07) is 1.61. The zero-order valence-corrected chi connectivity index (χ0v) is 14.9. The summed E-state index contributed by atoms with van der Waals surface area (Å²) in [5, 5.41) is 4.25. The van der Waals surface area contributed by atoms with Crippen LogP contribution in [-0.4, -0.2) is 57.4 Å². The molecule has 0 N–H and O–H groups in total. The molecule has 2 aromatic heterocycles. The van der Waals surface area contributed by atoms with Gasteiger partial charge in [-0.15, -0.1) is 0 Å². The average molecular weight is 350 g/mol. The highest BCUT2D eigenvalue weighted by Crippen LogP contribution is 2.34. The van der Waals surface area contributed by atoms with Gasteiger partial charge in [-0.25, -0.2) is 4.98 Å². The van der Waals surface area contributed by atoms with Gasteiger partial charge in [-0.3, -0.25) is 9.67 Å². The highest BCUT2D eigenvalue weighted by Gasteiger charge is 2.37. The minimum Gasteiger partial charge on any atom is -0.264 e. The molecule has 1 aliphatic rings. The first-order valence-corrected chi connectivity index (χ1v) is 9.38. The molecule has 130 valence electrons. The molecular weight excluding hydrogens is 328 g/mol. The minimum atomic E-state index is -3.47. The van der Waals surface area contributed by atoms with E-state index in [0.29, 0.717) is 17.9 Å². The molecule has 2 aromatic rings. The van der Waals surface area contributed by atoms with Gasteiger partial charge in [0.2, 0.25) is 0 Å². The lowest BCUT2D eigenvalue weighted by Gasteiger charge is -2.26. The monoisotopic (exact) mass is 350 g/mol. The summed E-state index contributed by atoms with van der Waals surface area (Å²) in [7, 11) is -0.376. The molecule has 3 rings (SSSR count). The Balaban J connectivity index is 1.97. The molecule has 24 heavy (non-hydrogen) atoms. The third-order valence-corrected chi connectivity index (χ3v) is 6.19. The Bertz CT molecular complexity index is 817. The Hall–Kier alpha value is -1.84. The molecule has 0 spiro atoms. The van der Waals surface area contributed by atoms with Gasteiger partial charge in [0.25, 0.3) is 10.2 Å². The molecule has 3 heterocycles. The summed E-state index contributed by atoms with van der Waals surface area (Å²) in [6.07, 6.45) is 6.64. The predicted octanol–water partition coefficient (Wildman–Crippen LogP) is 1.30. The second-order valence-corrected chi connectivity index (χ2v) is 8.02. The summed E-state index contributed by atoms with van der Waals surface area (Å²) >= 11 is 0. The summed E-state index contributed by atoms with van der Waals surface area (Å²) in [6.45, 7) is 3.25. The van der Waals surface area contributed by atoms with Gasteiger partial charge in [0.15, 0.2) is 0 Å². The Morgan fingerprint density at radius 2 is 2.12 bits per heavy atom. The number of hydrogen-bond donors (Lipinski definition) is 0. The third kappa shape index (κ3) is 2.94. The number of aromatic nitrogens is 4. The number of nitrogens with zero attached hydrogens (tertiary/aromatic N) is 6. The molecule has 0 unspecified atom stereocenters. The molecule has 0 amide bonds. The molecule has 1 fully saturated rings. The summed E-state index contributed by atoms with van der Waals surface area (Å²) in [4.78, 5) is 8.96. The van der Waals surface area contributed by atoms with Gasteiger partial charge in [0.1, 0.15) is 5.69 Å². The fourth-order valence-corrected chi connectivity index (χ4v) is 4.30. The number of rotatable bonds is 5. The number of hydrogen-bond acceptors (Lipinski definition) is 5. The maximum atomic E-state index is 12.5. The molecular formula is C15H22N6O2S. The largest absolute Gasteiger partial charge is 0.282 e. The molecule has 1 aliphatic heterocycles. The van der Waals surface area contributed by atoms with E-state index in [2.05, 4.69) is 15.1 Å². The van der Waals surface area contributed by atoms with Gasteiger partial charge < -0.3 is 0 Å². The lowest BCUT2D eigenvalue weighted by atomic mass is 10.1. The Kier molecular flexibility index (Phi) is 4.66. The second-order valence-electron chi connectivity index (χ2n) is 5.92. The molecule has 0 radical (unpaired) electrons. The first kappa shape index (κ1) is 17.0. The van der Waals surface area contributed by atoms with E-state index >= 15 is 0 Å². The molecule has 8 nitrogen and oxygen atoms in total. The predicted molar refractivity (Wildman–Crippen MR) is 90.2 cm³/mol. The minimum absolute atomic E-state index is 0.275. The highest BCUT2D eigenvalue weighted by atomic mass is 32.2. The highest BCUT2D eigenvalue weighted by molar-refractivity contribution is 7.86. The Morgan fingerprint density at radius 3 is 2.83 bits per heavy atom. The standard InChI is InChI=1S/C15H22N6O2S/c1-4-20-14(7-8-17-20)12-10-16-11-13(18-12)15-6-5-9-21(15)24(22,23)19(2)3/h7-8,10-11,15H,4-6,9H2,1-3H3/t15-/m1/s1.